The molecule has 0 N–H and O–H groups in total. The fourth-order valence-electron chi connectivity index (χ4n) is 3.54. The monoisotopic (exact) mass is 477 g/mol. The molecule has 172 valence electrons. The predicted molar refractivity (Wildman–Crippen MR) is 111 cm³/mol. The van der Waals surface area contributed by atoms with Gasteiger partial charge >= 0.3 is 6.18 Å². The Bertz CT molecular complexity index is 1450. The van der Waals surface area contributed by atoms with Crippen LogP contribution in [-0.4, -0.2) is 34.4 Å². The molecule has 4 rings (SSSR count). The van der Waals surface area contributed by atoms with Gasteiger partial charge in [0.1, 0.15) is 5.65 Å². The highest BCUT2D eigenvalue weighted by Gasteiger charge is 2.39. The lowest BCUT2D eigenvalue weighted by Crippen LogP contribution is -2.26. The molecule has 0 fully saturated rings. The Morgan fingerprint density at radius 2 is 1.91 bits per heavy atom. The van der Waals surface area contributed by atoms with Gasteiger partial charge in [0.2, 0.25) is 0 Å². The third-order valence-corrected chi connectivity index (χ3v) is 7.30. The van der Waals surface area contributed by atoms with Gasteiger partial charge in [0.05, 0.1) is 40.6 Å². The molecule has 33 heavy (non-hydrogen) atoms. The largest absolute Gasteiger partial charge is 0.417 e. The standard InChI is InChI=1S/C21H18F3N5O3S/c1-4-33(31,32)19-17(27-16-6-5-12(9-28(16)19)20(2,3)11-25)29-10-15-14(18(29)30)7-13(8-26-15)21(22,23)24/h5-9H,4,10H2,1-3H3. The van der Waals surface area contributed by atoms with Gasteiger partial charge in [0, 0.05) is 12.4 Å². The van der Waals surface area contributed by atoms with Crippen LogP contribution in [0.2, 0.25) is 0 Å². The fourth-order valence-corrected chi connectivity index (χ4v) is 4.70. The minimum absolute atomic E-state index is 0.0937. The molecule has 0 bridgehead atoms. The molecule has 0 radical (unpaired) electrons. The van der Waals surface area contributed by atoms with E-state index in [-0.39, 0.29) is 40.0 Å². The number of pyridine rings is 2. The third kappa shape index (κ3) is 3.62. The zero-order valence-electron chi connectivity index (χ0n) is 17.8. The number of hydrogen-bond donors (Lipinski definition) is 0. The summed E-state index contributed by atoms with van der Waals surface area (Å²) in [6.45, 7) is 4.55. The third-order valence-electron chi connectivity index (χ3n) is 5.57. The summed E-state index contributed by atoms with van der Waals surface area (Å²) < 4.78 is 66.6. The quantitative estimate of drug-likeness (QED) is 0.569. The number of hydrogen-bond acceptors (Lipinski definition) is 6. The van der Waals surface area contributed by atoms with Crippen molar-refractivity contribution in [1.29, 1.82) is 5.26 Å². The molecular formula is C21H18F3N5O3S. The van der Waals surface area contributed by atoms with Gasteiger partial charge in [-0.3, -0.25) is 19.1 Å². The topological polar surface area (TPSA) is 108 Å². The van der Waals surface area contributed by atoms with Crippen molar-refractivity contribution in [1.82, 2.24) is 14.4 Å². The van der Waals surface area contributed by atoms with Crippen LogP contribution in [0.1, 0.15) is 48.0 Å². The Labute approximate surface area is 187 Å². The number of imidazole rings is 1. The molecule has 0 unspecified atom stereocenters. The van der Waals surface area contributed by atoms with E-state index in [1.165, 1.54) is 23.6 Å². The van der Waals surface area contributed by atoms with Crippen LogP contribution in [-0.2, 0) is 28.0 Å². The Hall–Kier alpha value is -3.46. The van der Waals surface area contributed by atoms with Crippen molar-refractivity contribution in [2.75, 3.05) is 10.7 Å². The van der Waals surface area contributed by atoms with Gasteiger partial charge in [-0.25, -0.2) is 13.4 Å². The van der Waals surface area contributed by atoms with Crippen LogP contribution < -0.4 is 4.90 Å². The number of nitrogens with zero attached hydrogens (tertiary/aromatic N) is 5. The minimum atomic E-state index is -4.68. The maximum atomic E-state index is 13.1. The predicted octanol–water partition coefficient (Wildman–Crippen LogP) is 3.50. The van der Waals surface area contributed by atoms with Gasteiger partial charge in [-0.05, 0) is 31.5 Å². The first-order valence-corrected chi connectivity index (χ1v) is 11.5. The highest BCUT2D eigenvalue weighted by Crippen LogP contribution is 2.36. The van der Waals surface area contributed by atoms with Crippen molar-refractivity contribution in [2.45, 2.75) is 43.9 Å². The van der Waals surface area contributed by atoms with Gasteiger partial charge in [-0.2, -0.15) is 18.4 Å². The molecule has 0 saturated carbocycles. The van der Waals surface area contributed by atoms with Crippen molar-refractivity contribution < 1.29 is 26.4 Å². The van der Waals surface area contributed by atoms with Crippen LogP contribution in [0.3, 0.4) is 0 Å². The maximum absolute atomic E-state index is 13.1. The lowest BCUT2D eigenvalue weighted by atomic mass is 9.88. The average Bonchev–Trinajstić information content (AvgIpc) is 3.30. The van der Waals surface area contributed by atoms with Crippen molar-refractivity contribution in [2.24, 2.45) is 0 Å². The first kappa shape index (κ1) is 22.7. The van der Waals surface area contributed by atoms with E-state index < -0.39 is 32.9 Å². The Morgan fingerprint density at radius 1 is 1.21 bits per heavy atom. The van der Waals surface area contributed by atoms with Crippen molar-refractivity contribution in [3.8, 4) is 6.07 Å². The highest BCUT2D eigenvalue weighted by atomic mass is 32.2. The Balaban J connectivity index is 1.92. The molecule has 0 aromatic carbocycles. The molecular weight excluding hydrogens is 459 g/mol. The summed E-state index contributed by atoms with van der Waals surface area (Å²) in [5, 5.41) is 9.18. The number of nitriles is 1. The van der Waals surface area contributed by atoms with Crippen LogP contribution in [0.25, 0.3) is 5.65 Å². The molecule has 0 spiro atoms. The van der Waals surface area contributed by atoms with E-state index in [0.29, 0.717) is 17.8 Å². The molecule has 3 aromatic rings. The molecule has 3 aromatic heterocycles. The van der Waals surface area contributed by atoms with Crippen LogP contribution in [0.5, 0.6) is 0 Å². The second-order valence-corrected chi connectivity index (χ2v) is 10.3. The zero-order valence-corrected chi connectivity index (χ0v) is 18.6. The van der Waals surface area contributed by atoms with Crippen LogP contribution in [0.4, 0.5) is 19.0 Å². The normalized spacial score (nSPS) is 14.6. The zero-order chi connectivity index (χ0) is 24.3. The minimum Gasteiger partial charge on any atom is -0.288 e. The molecule has 8 nitrogen and oxygen atoms in total. The molecule has 0 aliphatic carbocycles. The van der Waals surface area contributed by atoms with E-state index in [0.717, 1.165) is 4.90 Å². The van der Waals surface area contributed by atoms with E-state index in [9.17, 15) is 31.6 Å². The summed E-state index contributed by atoms with van der Waals surface area (Å²) in [5.74, 6) is -1.32. The van der Waals surface area contributed by atoms with Crippen molar-refractivity contribution >= 4 is 27.2 Å². The first-order chi connectivity index (χ1) is 15.3. The van der Waals surface area contributed by atoms with Gasteiger partial charge in [-0.1, -0.05) is 13.0 Å². The number of amides is 1. The Kier molecular flexibility index (Phi) is 5.01. The van der Waals surface area contributed by atoms with E-state index >= 15 is 0 Å². The number of carbonyl (C=O) groups is 1. The number of aromatic nitrogens is 3. The number of sulfone groups is 1. The highest BCUT2D eigenvalue weighted by molar-refractivity contribution is 7.91. The number of halogens is 3. The number of anilines is 1. The molecule has 1 aliphatic rings. The summed E-state index contributed by atoms with van der Waals surface area (Å²) in [6, 6.07) is 6.02. The van der Waals surface area contributed by atoms with Crippen molar-refractivity contribution in [3.05, 3.63) is 53.0 Å². The van der Waals surface area contributed by atoms with Crippen molar-refractivity contribution in [3.63, 3.8) is 0 Å². The molecule has 0 saturated heterocycles. The smallest absolute Gasteiger partial charge is 0.288 e. The van der Waals surface area contributed by atoms with Gasteiger partial charge in [0.15, 0.2) is 20.7 Å². The second kappa shape index (κ2) is 7.28. The summed E-state index contributed by atoms with van der Waals surface area (Å²) in [5.41, 5.74) is -1.42. The number of fused-ring (bicyclic) bond motifs is 2. The second-order valence-electron chi connectivity index (χ2n) is 8.13. The summed E-state index contributed by atoms with van der Waals surface area (Å²) >= 11 is 0. The van der Waals surface area contributed by atoms with Crippen LogP contribution in [0, 0.1) is 11.3 Å². The van der Waals surface area contributed by atoms with E-state index in [1.54, 1.807) is 19.9 Å². The summed E-state index contributed by atoms with van der Waals surface area (Å²) in [7, 11) is -3.94. The lowest BCUT2D eigenvalue weighted by Gasteiger charge is -2.17. The maximum Gasteiger partial charge on any atom is 0.417 e. The fraction of sp³-hybridized carbons (Fsp3) is 0.333. The average molecular weight is 477 g/mol. The van der Waals surface area contributed by atoms with Gasteiger partial charge in [0.25, 0.3) is 5.91 Å². The van der Waals surface area contributed by atoms with E-state index in [4.69, 9.17) is 0 Å². The summed E-state index contributed by atoms with van der Waals surface area (Å²) in [4.78, 5) is 22.1. The Morgan fingerprint density at radius 3 is 2.52 bits per heavy atom. The van der Waals surface area contributed by atoms with Crippen LogP contribution in [0.15, 0.2) is 35.6 Å². The van der Waals surface area contributed by atoms with Gasteiger partial charge < -0.3 is 0 Å². The molecule has 4 heterocycles. The number of rotatable bonds is 4. The number of alkyl halides is 3. The SMILES string of the molecule is CCS(=O)(=O)c1c(N2Cc3ncc(C(F)(F)F)cc3C2=O)nc2ccc(C(C)(C)C#N)cn12. The summed E-state index contributed by atoms with van der Waals surface area (Å²) in [6.07, 6.45) is -2.57. The van der Waals surface area contributed by atoms with Gasteiger partial charge in [-0.15, -0.1) is 0 Å². The number of carbonyl (C=O) groups excluding carboxylic acids is 1. The molecule has 12 heteroatoms. The van der Waals surface area contributed by atoms with E-state index in [1.807, 2.05) is 0 Å². The first-order valence-electron chi connectivity index (χ1n) is 9.84. The molecule has 1 aliphatic heterocycles. The molecule has 1 amide bonds. The van der Waals surface area contributed by atoms with E-state index in [2.05, 4.69) is 16.0 Å². The van der Waals surface area contributed by atoms with Crippen LogP contribution >= 0.6 is 0 Å². The molecule has 0 atom stereocenters. The lowest BCUT2D eigenvalue weighted by molar-refractivity contribution is -0.137.